The van der Waals surface area contributed by atoms with Gasteiger partial charge in [0, 0.05) is 22.6 Å². The van der Waals surface area contributed by atoms with Crippen LogP contribution in [0.1, 0.15) is 49.4 Å². The van der Waals surface area contributed by atoms with Gasteiger partial charge in [-0.1, -0.05) is 43.0 Å². The smallest absolute Gasteiger partial charge is 0.341 e. The first-order valence-corrected chi connectivity index (χ1v) is 11.1. The molecule has 9 heteroatoms. The average molecular weight is 470 g/mol. The van der Waals surface area contributed by atoms with E-state index in [4.69, 9.17) is 31.2 Å². The van der Waals surface area contributed by atoms with Gasteiger partial charge in [-0.25, -0.2) is 9.78 Å². The molecule has 1 N–H and O–H groups in total. The van der Waals surface area contributed by atoms with Crippen molar-refractivity contribution >= 4 is 34.7 Å². The zero-order chi connectivity index (χ0) is 23.4. The number of benzene rings is 2. The third-order valence-corrected chi connectivity index (χ3v) is 5.89. The lowest BCUT2D eigenvalue weighted by Crippen LogP contribution is -2.25. The van der Waals surface area contributed by atoms with Crippen molar-refractivity contribution in [1.29, 1.82) is 0 Å². The summed E-state index contributed by atoms with van der Waals surface area (Å²) in [6.07, 6.45) is 6.64. The van der Waals surface area contributed by atoms with Crippen LogP contribution in [0.25, 0.3) is 10.9 Å². The molecule has 0 radical (unpaired) electrons. The second-order valence-corrected chi connectivity index (χ2v) is 8.33. The Bertz CT molecular complexity index is 1260. The van der Waals surface area contributed by atoms with Crippen molar-refractivity contribution in [3.05, 3.63) is 63.2 Å². The van der Waals surface area contributed by atoms with E-state index >= 15 is 0 Å². The number of carbonyl (C=O) groups is 1. The predicted octanol–water partition coefficient (Wildman–Crippen LogP) is 4.45. The van der Waals surface area contributed by atoms with E-state index < -0.39 is 12.6 Å². The number of para-hydroxylation sites is 1. The van der Waals surface area contributed by atoms with Crippen LogP contribution in [0.15, 0.2) is 46.3 Å². The molecular formula is C24H24ClN3O5. The van der Waals surface area contributed by atoms with Gasteiger partial charge >= 0.3 is 5.97 Å². The van der Waals surface area contributed by atoms with E-state index in [2.05, 4.69) is 5.10 Å². The van der Waals surface area contributed by atoms with Gasteiger partial charge in [-0.3, -0.25) is 4.79 Å². The van der Waals surface area contributed by atoms with Crippen molar-refractivity contribution in [1.82, 2.24) is 9.66 Å². The third-order valence-electron chi connectivity index (χ3n) is 5.67. The Kier molecular flexibility index (Phi) is 6.93. The Morgan fingerprint density at radius 1 is 1.27 bits per heavy atom. The molecule has 0 unspecified atom stereocenters. The number of fused-ring (bicyclic) bond motifs is 1. The van der Waals surface area contributed by atoms with Gasteiger partial charge in [-0.2, -0.15) is 9.78 Å². The number of hydrogen-bond acceptors (Lipinski definition) is 6. The number of halogens is 1. The molecule has 0 atom stereocenters. The standard InChI is InChI=1S/C24H24ClN3O5/c1-32-20-12-17(25)11-16(22(20)33-14-21(29)30)13-26-28-23(15-7-3-2-4-8-15)27-19-10-6-5-9-18(19)24(28)31/h5-6,9-13,15H,2-4,7-8,14H2,1H3,(H,29,30). The molecule has 1 fully saturated rings. The molecule has 1 heterocycles. The number of aromatic nitrogens is 2. The topological polar surface area (TPSA) is 103 Å². The van der Waals surface area contributed by atoms with Crippen LogP contribution < -0.4 is 15.0 Å². The van der Waals surface area contributed by atoms with Crippen molar-refractivity contribution < 1.29 is 19.4 Å². The third kappa shape index (κ3) is 5.01. The lowest BCUT2D eigenvalue weighted by atomic mass is 9.88. The maximum absolute atomic E-state index is 13.4. The van der Waals surface area contributed by atoms with Gasteiger partial charge in [0.25, 0.3) is 5.56 Å². The fourth-order valence-electron chi connectivity index (χ4n) is 4.12. The van der Waals surface area contributed by atoms with Crippen LogP contribution in [-0.2, 0) is 4.79 Å². The summed E-state index contributed by atoms with van der Waals surface area (Å²) < 4.78 is 12.1. The normalized spacial score (nSPS) is 14.6. The quantitative estimate of drug-likeness (QED) is 0.513. The van der Waals surface area contributed by atoms with Crippen molar-refractivity contribution in [3.63, 3.8) is 0 Å². The molecule has 0 amide bonds. The van der Waals surface area contributed by atoms with E-state index in [9.17, 15) is 9.59 Å². The van der Waals surface area contributed by atoms with Gasteiger partial charge in [0.15, 0.2) is 18.1 Å². The van der Waals surface area contributed by atoms with Crippen molar-refractivity contribution in [3.8, 4) is 11.5 Å². The molecular weight excluding hydrogens is 446 g/mol. The van der Waals surface area contributed by atoms with Crippen LogP contribution in [-0.4, -0.2) is 40.7 Å². The van der Waals surface area contributed by atoms with E-state index in [1.165, 1.54) is 30.5 Å². The number of rotatable bonds is 7. The number of carboxylic acids is 1. The second-order valence-electron chi connectivity index (χ2n) is 7.89. The minimum absolute atomic E-state index is 0.129. The minimum Gasteiger partial charge on any atom is -0.493 e. The lowest BCUT2D eigenvalue weighted by Gasteiger charge is -2.22. The number of ether oxygens (including phenoxy) is 2. The summed E-state index contributed by atoms with van der Waals surface area (Å²) in [7, 11) is 1.43. The summed E-state index contributed by atoms with van der Waals surface area (Å²) in [4.78, 5) is 29.2. The van der Waals surface area contributed by atoms with Crippen molar-refractivity contribution in [2.45, 2.75) is 38.0 Å². The Morgan fingerprint density at radius 3 is 2.76 bits per heavy atom. The Morgan fingerprint density at radius 2 is 2.03 bits per heavy atom. The summed E-state index contributed by atoms with van der Waals surface area (Å²) >= 11 is 6.21. The molecule has 3 aromatic rings. The lowest BCUT2D eigenvalue weighted by molar-refractivity contribution is -0.139. The molecule has 2 aromatic carbocycles. The molecule has 0 aliphatic heterocycles. The molecule has 1 aliphatic rings. The van der Waals surface area contributed by atoms with Crippen molar-refractivity contribution in [2.24, 2.45) is 5.10 Å². The summed E-state index contributed by atoms with van der Waals surface area (Å²) in [5.41, 5.74) is 0.763. The van der Waals surface area contributed by atoms with Gasteiger partial charge in [-0.15, -0.1) is 0 Å². The number of nitrogens with zero attached hydrogens (tertiary/aromatic N) is 3. The minimum atomic E-state index is -1.13. The van der Waals surface area contributed by atoms with Crippen LogP contribution in [0, 0.1) is 0 Å². The van der Waals surface area contributed by atoms with E-state index in [1.807, 2.05) is 12.1 Å². The molecule has 4 rings (SSSR count). The molecule has 1 saturated carbocycles. The molecule has 33 heavy (non-hydrogen) atoms. The predicted molar refractivity (Wildman–Crippen MR) is 126 cm³/mol. The maximum atomic E-state index is 13.4. The average Bonchev–Trinajstić information content (AvgIpc) is 2.82. The molecule has 8 nitrogen and oxygen atoms in total. The van der Waals surface area contributed by atoms with E-state index in [-0.39, 0.29) is 23.0 Å². The number of hydrogen-bond donors (Lipinski definition) is 1. The van der Waals surface area contributed by atoms with E-state index in [1.54, 1.807) is 18.2 Å². The Hall–Kier alpha value is -3.39. The fourth-order valence-corrected chi connectivity index (χ4v) is 4.34. The van der Waals surface area contributed by atoms with Gasteiger partial charge in [-0.05, 0) is 31.0 Å². The fraction of sp³-hybridized carbons (Fsp3) is 0.333. The van der Waals surface area contributed by atoms with E-state index in [0.29, 0.717) is 27.3 Å². The first kappa shape index (κ1) is 22.8. The molecule has 0 bridgehead atoms. The Balaban J connectivity index is 1.84. The van der Waals surface area contributed by atoms with Gasteiger partial charge in [0.2, 0.25) is 0 Å². The SMILES string of the molecule is COc1cc(Cl)cc(C=Nn2c(C3CCCCC3)nc3ccccc3c2=O)c1OCC(=O)O. The van der Waals surface area contributed by atoms with Crippen LogP contribution in [0.3, 0.4) is 0 Å². The van der Waals surface area contributed by atoms with Crippen LogP contribution in [0.2, 0.25) is 5.02 Å². The van der Waals surface area contributed by atoms with Crippen LogP contribution in [0.5, 0.6) is 11.5 Å². The maximum Gasteiger partial charge on any atom is 0.341 e. The number of aliphatic carboxylic acids is 1. The van der Waals surface area contributed by atoms with Crippen LogP contribution >= 0.6 is 11.6 Å². The second kappa shape index (κ2) is 10.0. The summed E-state index contributed by atoms with van der Waals surface area (Å²) in [5.74, 6) is 0.0571. The molecule has 1 aliphatic carbocycles. The summed E-state index contributed by atoms with van der Waals surface area (Å²) in [6, 6.07) is 10.3. The molecule has 0 saturated heterocycles. The van der Waals surface area contributed by atoms with Gasteiger partial charge in [0.05, 0.1) is 24.2 Å². The number of methoxy groups -OCH3 is 1. The molecule has 172 valence electrons. The zero-order valence-electron chi connectivity index (χ0n) is 18.2. The van der Waals surface area contributed by atoms with Crippen LogP contribution in [0.4, 0.5) is 0 Å². The van der Waals surface area contributed by atoms with Gasteiger partial charge < -0.3 is 14.6 Å². The summed E-state index contributed by atoms with van der Waals surface area (Å²) in [6.45, 7) is -0.566. The highest BCUT2D eigenvalue weighted by atomic mass is 35.5. The van der Waals surface area contributed by atoms with E-state index in [0.717, 1.165) is 25.7 Å². The monoisotopic (exact) mass is 469 g/mol. The highest BCUT2D eigenvalue weighted by Gasteiger charge is 2.22. The molecule has 1 aromatic heterocycles. The number of carboxylic acid groups (broad SMARTS) is 1. The first-order valence-electron chi connectivity index (χ1n) is 10.8. The first-order chi connectivity index (χ1) is 16.0. The highest BCUT2D eigenvalue weighted by Crippen LogP contribution is 2.34. The highest BCUT2D eigenvalue weighted by molar-refractivity contribution is 6.31. The van der Waals surface area contributed by atoms with Crippen molar-refractivity contribution in [2.75, 3.05) is 13.7 Å². The zero-order valence-corrected chi connectivity index (χ0v) is 18.9. The molecule has 0 spiro atoms. The Labute approximate surface area is 195 Å². The van der Waals surface area contributed by atoms with Gasteiger partial charge in [0.1, 0.15) is 5.82 Å². The largest absolute Gasteiger partial charge is 0.493 e. The summed E-state index contributed by atoms with van der Waals surface area (Å²) in [5, 5.41) is 14.3.